The van der Waals surface area contributed by atoms with E-state index < -0.39 is 29.1 Å². The number of fused-ring (bicyclic) bond motifs is 1. The highest BCUT2D eigenvalue weighted by Gasteiger charge is 2.47. The number of alkyl halides is 3. The molecule has 1 aliphatic rings. The Morgan fingerprint density at radius 3 is 2.45 bits per heavy atom. The van der Waals surface area contributed by atoms with Crippen LogP contribution in [0.15, 0.2) is 77.4 Å². The van der Waals surface area contributed by atoms with Crippen molar-refractivity contribution in [2.75, 3.05) is 17.2 Å². The summed E-state index contributed by atoms with van der Waals surface area (Å²) in [5.41, 5.74) is 0.0756. The number of hydrogen-bond acceptors (Lipinski definition) is 7. The van der Waals surface area contributed by atoms with Crippen LogP contribution in [0.3, 0.4) is 0 Å². The second-order valence-corrected chi connectivity index (χ2v) is 10.2. The SMILES string of the molecule is CCOc1ccc(Oc2cc(NC(=O)c3cnn4c3N[C@H](c3ccc(Br)cc3)C[C@@H]4C(F)(F)F)cc([N+](=O)[O-])c2)cc1. The maximum atomic E-state index is 14.1. The number of aromatic nitrogens is 2. The topological polar surface area (TPSA) is 121 Å². The Balaban J connectivity index is 1.43. The van der Waals surface area contributed by atoms with Gasteiger partial charge < -0.3 is 20.1 Å². The number of nitro groups is 1. The van der Waals surface area contributed by atoms with Crippen molar-refractivity contribution in [3.05, 3.63) is 98.6 Å². The predicted molar refractivity (Wildman–Crippen MR) is 151 cm³/mol. The second kappa shape index (κ2) is 11.7. The number of benzene rings is 3. The van der Waals surface area contributed by atoms with Gasteiger partial charge >= 0.3 is 6.18 Å². The highest BCUT2D eigenvalue weighted by Crippen LogP contribution is 2.44. The third kappa shape index (κ3) is 6.33. The van der Waals surface area contributed by atoms with Crippen LogP contribution < -0.4 is 20.1 Å². The fourth-order valence-corrected chi connectivity index (χ4v) is 4.83. The van der Waals surface area contributed by atoms with Crippen LogP contribution in [-0.4, -0.2) is 33.4 Å². The summed E-state index contributed by atoms with van der Waals surface area (Å²) < 4.78 is 54.8. The molecule has 0 bridgehead atoms. The van der Waals surface area contributed by atoms with Crippen LogP contribution >= 0.6 is 15.9 Å². The number of carbonyl (C=O) groups excluding carboxylic acids is 1. The average molecular weight is 646 g/mol. The molecule has 2 N–H and O–H groups in total. The van der Waals surface area contributed by atoms with E-state index in [0.29, 0.717) is 23.7 Å². The molecule has 0 unspecified atom stereocenters. The number of carbonyl (C=O) groups is 1. The Hall–Kier alpha value is -4.59. The Kier molecular flexibility index (Phi) is 8.07. The molecule has 0 spiro atoms. The van der Waals surface area contributed by atoms with E-state index in [1.807, 2.05) is 6.92 Å². The van der Waals surface area contributed by atoms with Crippen LogP contribution in [0.5, 0.6) is 17.2 Å². The maximum absolute atomic E-state index is 14.1. The summed E-state index contributed by atoms with van der Waals surface area (Å²) in [7, 11) is 0. The van der Waals surface area contributed by atoms with Crippen molar-refractivity contribution >= 4 is 39.0 Å². The quantitative estimate of drug-likeness (QED) is 0.149. The molecule has 2 atom stereocenters. The van der Waals surface area contributed by atoms with Gasteiger partial charge in [0.1, 0.15) is 28.6 Å². The number of nitrogens with one attached hydrogen (secondary N) is 2. The fraction of sp³-hybridized carbons (Fsp3) is 0.214. The maximum Gasteiger partial charge on any atom is 0.410 e. The Bertz CT molecular complexity index is 1610. The van der Waals surface area contributed by atoms with Gasteiger partial charge in [0.05, 0.1) is 35.5 Å². The van der Waals surface area contributed by atoms with Gasteiger partial charge in [-0.25, -0.2) is 4.68 Å². The molecule has 10 nitrogen and oxygen atoms in total. The summed E-state index contributed by atoms with van der Waals surface area (Å²) in [5.74, 6) is 0.110. The zero-order chi connectivity index (χ0) is 30.0. The van der Waals surface area contributed by atoms with Crippen molar-refractivity contribution in [2.24, 2.45) is 0 Å². The first-order chi connectivity index (χ1) is 20.0. The van der Waals surface area contributed by atoms with Crippen molar-refractivity contribution in [3.63, 3.8) is 0 Å². The molecule has 5 rings (SSSR count). The first kappa shape index (κ1) is 28.9. The average Bonchev–Trinajstić information content (AvgIpc) is 3.37. The third-order valence-corrected chi connectivity index (χ3v) is 7.01. The van der Waals surface area contributed by atoms with E-state index in [9.17, 15) is 28.1 Å². The molecule has 1 aliphatic heterocycles. The first-order valence-corrected chi connectivity index (χ1v) is 13.5. The standard InChI is InChI=1S/C28H23BrF3N5O5/c1-2-41-20-7-9-21(10-8-20)42-22-12-18(11-19(13-22)37(39)40)34-27(38)23-15-33-36-25(28(30,31)32)14-24(35-26(23)36)16-3-5-17(29)6-4-16/h3-13,15,24-25,35H,2,14H2,1H3,(H,34,38)/t24-,25+/m0/s1. The number of hydrogen-bond donors (Lipinski definition) is 2. The second-order valence-electron chi connectivity index (χ2n) is 9.33. The lowest BCUT2D eigenvalue weighted by atomic mass is 9.96. The fourth-order valence-electron chi connectivity index (χ4n) is 4.57. The molecule has 0 saturated carbocycles. The van der Waals surface area contributed by atoms with Crippen LogP contribution in [0.4, 0.5) is 30.4 Å². The van der Waals surface area contributed by atoms with Gasteiger partial charge in [0, 0.05) is 23.0 Å². The van der Waals surface area contributed by atoms with E-state index in [-0.39, 0.29) is 34.9 Å². The van der Waals surface area contributed by atoms with Gasteiger partial charge in [-0.05, 0) is 48.9 Å². The Morgan fingerprint density at radius 2 is 1.81 bits per heavy atom. The molecule has 1 amide bonds. The number of halogens is 4. The molecule has 3 aromatic carbocycles. The molecule has 0 saturated heterocycles. The summed E-state index contributed by atoms with van der Waals surface area (Å²) in [5, 5.41) is 21.0. The van der Waals surface area contributed by atoms with Crippen molar-refractivity contribution in [1.29, 1.82) is 0 Å². The van der Waals surface area contributed by atoms with E-state index in [1.54, 1.807) is 48.5 Å². The lowest BCUT2D eigenvalue weighted by Gasteiger charge is -2.34. The highest BCUT2D eigenvalue weighted by molar-refractivity contribution is 9.10. The molecule has 4 aromatic rings. The normalized spacial score (nSPS) is 16.2. The summed E-state index contributed by atoms with van der Waals surface area (Å²) in [6.45, 7) is 2.32. The molecule has 14 heteroatoms. The minimum atomic E-state index is -4.63. The van der Waals surface area contributed by atoms with Gasteiger partial charge in [0.25, 0.3) is 11.6 Å². The number of nitrogens with zero attached hydrogens (tertiary/aromatic N) is 3. The number of nitro benzene ring substituents is 1. The molecule has 2 heterocycles. The van der Waals surface area contributed by atoms with Crippen molar-refractivity contribution in [1.82, 2.24) is 9.78 Å². The van der Waals surface area contributed by atoms with Crippen LogP contribution in [0, 0.1) is 10.1 Å². The zero-order valence-electron chi connectivity index (χ0n) is 21.9. The molecule has 0 radical (unpaired) electrons. The van der Waals surface area contributed by atoms with E-state index in [0.717, 1.165) is 21.4 Å². The predicted octanol–water partition coefficient (Wildman–Crippen LogP) is 7.66. The van der Waals surface area contributed by atoms with Crippen molar-refractivity contribution in [3.8, 4) is 17.2 Å². The van der Waals surface area contributed by atoms with Crippen LogP contribution in [-0.2, 0) is 0 Å². The molecule has 42 heavy (non-hydrogen) atoms. The molecule has 0 aliphatic carbocycles. The number of rotatable bonds is 8. The summed E-state index contributed by atoms with van der Waals surface area (Å²) in [6, 6.07) is 14.3. The minimum absolute atomic E-state index is 0.00252. The molecule has 1 aromatic heterocycles. The largest absolute Gasteiger partial charge is 0.494 e. The van der Waals surface area contributed by atoms with Gasteiger partial charge in [-0.2, -0.15) is 18.3 Å². The lowest BCUT2D eigenvalue weighted by Crippen LogP contribution is -2.36. The monoisotopic (exact) mass is 645 g/mol. The van der Waals surface area contributed by atoms with Gasteiger partial charge in [0.2, 0.25) is 0 Å². The lowest BCUT2D eigenvalue weighted by molar-refractivity contribution is -0.384. The number of anilines is 2. The third-order valence-electron chi connectivity index (χ3n) is 6.49. The molecular formula is C28H23BrF3N5O5. The van der Waals surface area contributed by atoms with Gasteiger partial charge in [-0.3, -0.25) is 14.9 Å². The van der Waals surface area contributed by atoms with Crippen LogP contribution in [0.25, 0.3) is 0 Å². The summed E-state index contributed by atoms with van der Waals surface area (Å²) in [4.78, 5) is 24.3. The van der Waals surface area contributed by atoms with Crippen molar-refractivity contribution < 1.29 is 32.4 Å². The summed E-state index contributed by atoms with van der Waals surface area (Å²) in [6.07, 6.45) is -3.93. The highest BCUT2D eigenvalue weighted by atomic mass is 79.9. The van der Waals surface area contributed by atoms with Crippen LogP contribution in [0.2, 0.25) is 0 Å². The van der Waals surface area contributed by atoms with Gasteiger partial charge in [-0.1, -0.05) is 28.1 Å². The van der Waals surface area contributed by atoms with Gasteiger partial charge in [0.15, 0.2) is 6.04 Å². The number of non-ortho nitro benzene ring substituents is 1. The molecule has 218 valence electrons. The first-order valence-electron chi connectivity index (χ1n) is 12.7. The number of ether oxygens (including phenoxy) is 2. The number of amides is 1. The van der Waals surface area contributed by atoms with E-state index in [2.05, 4.69) is 31.7 Å². The summed E-state index contributed by atoms with van der Waals surface area (Å²) >= 11 is 3.32. The minimum Gasteiger partial charge on any atom is -0.494 e. The Labute approximate surface area is 245 Å². The van der Waals surface area contributed by atoms with E-state index in [4.69, 9.17) is 9.47 Å². The van der Waals surface area contributed by atoms with E-state index in [1.165, 1.54) is 12.1 Å². The van der Waals surface area contributed by atoms with Gasteiger partial charge in [-0.15, -0.1) is 0 Å². The molecular weight excluding hydrogens is 623 g/mol. The Morgan fingerprint density at radius 1 is 1.12 bits per heavy atom. The smallest absolute Gasteiger partial charge is 0.410 e. The van der Waals surface area contributed by atoms with E-state index >= 15 is 0 Å². The van der Waals surface area contributed by atoms with Crippen molar-refractivity contribution in [2.45, 2.75) is 31.6 Å². The van der Waals surface area contributed by atoms with Crippen LogP contribution in [0.1, 0.15) is 41.3 Å². The molecule has 0 fully saturated rings. The zero-order valence-corrected chi connectivity index (χ0v) is 23.5.